The molecule has 2 aromatic rings. The predicted molar refractivity (Wildman–Crippen MR) is 101 cm³/mol. The van der Waals surface area contributed by atoms with Gasteiger partial charge in [-0.1, -0.05) is 68.4 Å². The molecule has 0 aliphatic rings. The van der Waals surface area contributed by atoms with E-state index in [0.29, 0.717) is 6.42 Å². The molecule has 5 nitrogen and oxygen atoms in total. The number of carboxylic acids is 2. The van der Waals surface area contributed by atoms with Crippen molar-refractivity contribution in [1.29, 1.82) is 0 Å². The molecular formula is C21H25NO4. The summed E-state index contributed by atoms with van der Waals surface area (Å²) in [6, 6.07) is 15.8. The third kappa shape index (κ3) is 5.70. The lowest BCUT2D eigenvalue weighted by Gasteiger charge is -2.22. The summed E-state index contributed by atoms with van der Waals surface area (Å²) >= 11 is 0. The summed E-state index contributed by atoms with van der Waals surface area (Å²) in [6.07, 6.45) is 0.609. The van der Waals surface area contributed by atoms with Crippen LogP contribution < -0.4 is 5.32 Å². The smallest absolute Gasteiger partial charge is 0.321 e. The van der Waals surface area contributed by atoms with E-state index >= 15 is 0 Å². The molecule has 0 amide bonds. The number of rotatable bonds is 9. The van der Waals surface area contributed by atoms with Crippen molar-refractivity contribution < 1.29 is 19.8 Å². The van der Waals surface area contributed by atoms with E-state index in [1.54, 1.807) is 0 Å². The average molecular weight is 355 g/mol. The first-order chi connectivity index (χ1) is 12.4. The zero-order valence-electron chi connectivity index (χ0n) is 15.1. The minimum absolute atomic E-state index is 0.156. The van der Waals surface area contributed by atoms with Gasteiger partial charge in [0, 0.05) is 0 Å². The zero-order valence-corrected chi connectivity index (χ0v) is 15.1. The molecule has 3 N–H and O–H groups in total. The Balaban J connectivity index is 2.09. The largest absolute Gasteiger partial charge is 0.480 e. The molecule has 26 heavy (non-hydrogen) atoms. The van der Waals surface area contributed by atoms with Gasteiger partial charge < -0.3 is 10.2 Å². The van der Waals surface area contributed by atoms with Gasteiger partial charge in [0.05, 0.1) is 0 Å². The first-order valence-electron chi connectivity index (χ1n) is 8.73. The van der Waals surface area contributed by atoms with Gasteiger partial charge in [0.15, 0.2) is 0 Å². The summed E-state index contributed by atoms with van der Waals surface area (Å²) in [5.41, 5.74) is 2.99. The van der Waals surface area contributed by atoms with E-state index in [4.69, 9.17) is 0 Å². The van der Waals surface area contributed by atoms with Crippen molar-refractivity contribution in [3.63, 3.8) is 0 Å². The fourth-order valence-electron chi connectivity index (χ4n) is 2.87. The second-order valence-electron chi connectivity index (χ2n) is 6.84. The van der Waals surface area contributed by atoms with Crippen molar-refractivity contribution in [1.82, 2.24) is 5.32 Å². The Hall–Kier alpha value is -2.66. The fourth-order valence-corrected chi connectivity index (χ4v) is 2.87. The Morgan fingerprint density at radius 3 is 1.88 bits per heavy atom. The molecule has 0 bridgehead atoms. The summed E-state index contributed by atoms with van der Waals surface area (Å²) in [5.74, 6) is -1.92. The standard InChI is InChI=1S/C21H25NO4/c1-14(2)12-18(20(23)24)22-19(21(25)26)13-15-8-10-17(11-9-15)16-6-4-3-5-7-16/h3-11,14,18-19,22H,12-13H2,1-2H3,(H,23,24)(H,25,26)/t18?,19-/m0/s1. The van der Waals surface area contributed by atoms with Crippen LogP contribution in [-0.2, 0) is 16.0 Å². The number of aliphatic carboxylic acids is 2. The van der Waals surface area contributed by atoms with Crippen LogP contribution in [-0.4, -0.2) is 34.2 Å². The maximum Gasteiger partial charge on any atom is 0.321 e. The molecule has 0 aromatic heterocycles. The van der Waals surface area contributed by atoms with Crippen LogP contribution in [0.5, 0.6) is 0 Å². The Morgan fingerprint density at radius 2 is 1.38 bits per heavy atom. The molecule has 0 fully saturated rings. The molecule has 2 atom stereocenters. The number of carbonyl (C=O) groups is 2. The van der Waals surface area contributed by atoms with Crippen LogP contribution in [0.2, 0.25) is 0 Å². The van der Waals surface area contributed by atoms with Crippen molar-refractivity contribution in [3.8, 4) is 11.1 Å². The molecule has 0 radical (unpaired) electrons. The van der Waals surface area contributed by atoms with Crippen molar-refractivity contribution >= 4 is 11.9 Å². The van der Waals surface area contributed by atoms with Gasteiger partial charge in [0.2, 0.25) is 0 Å². The highest BCUT2D eigenvalue weighted by atomic mass is 16.4. The summed E-state index contributed by atoms with van der Waals surface area (Å²) in [7, 11) is 0. The molecule has 5 heteroatoms. The quantitative estimate of drug-likeness (QED) is 0.641. The topological polar surface area (TPSA) is 86.6 Å². The lowest BCUT2D eigenvalue weighted by Crippen LogP contribution is -2.48. The van der Waals surface area contributed by atoms with Gasteiger partial charge in [-0.05, 0) is 35.4 Å². The van der Waals surface area contributed by atoms with Crippen LogP contribution in [0.3, 0.4) is 0 Å². The van der Waals surface area contributed by atoms with Gasteiger partial charge in [0.1, 0.15) is 12.1 Å². The molecule has 0 spiro atoms. The van der Waals surface area contributed by atoms with E-state index in [0.717, 1.165) is 16.7 Å². The maximum atomic E-state index is 11.6. The van der Waals surface area contributed by atoms with Gasteiger partial charge in [-0.25, -0.2) is 0 Å². The lowest BCUT2D eigenvalue weighted by atomic mass is 9.99. The van der Waals surface area contributed by atoms with Gasteiger partial charge >= 0.3 is 11.9 Å². The van der Waals surface area contributed by atoms with Gasteiger partial charge in [-0.2, -0.15) is 0 Å². The molecule has 0 aliphatic carbocycles. The van der Waals surface area contributed by atoms with Gasteiger partial charge in [-0.15, -0.1) is 0 Å². The Labute approximate surface area is 153 Å². The van der Waals surface area contributed by atoms with Crippen LogP contribution in [0.1, 0.15) is 25.8 Å². The van der Waals surface area contributed by atoms with Crippen LogP contribution in [0.4, 0.5) is 0 Å². The number of hydrogen-bond donors (Lipinski definition) is 3. The molecule has 0 saturated carbocycles. The van der Waals surface area contributed by atoms with Crippen molar-refractivity contribution in [2.75, 3.05) is 0 Å². The SMILES string of the molecule is CC(C)CC(N[C@@H](Cc1ccc(-c2ccccc2)cc1)C(=O)O)C(=O)O. The van der Waals surface area contributed by atoms with Gasteiger partial charge in [-0.3, -0.25) is 14.9 Å². The van der Waals surface area contributed by atoms with Gasteiger partial charge in [0.25, 0.3) is 0 Å². The van der Waals surface area contributed by atoms with Crippen LogP contribution in [0.15, 0.2) is 54.6 Å². The Kier molecular flexibility index (Phi) is 6.92. The second-order valence-corrected chi connectivity index (χ2v) is 6.84. The first kappa shape index (κ1) is 19.7. The normalized spacial score (nSPS) is 13.3. The highest BCUT2D eigenvalue weighted by molar-refractivity contribution is 5.77. The second kappa shape index (κ2) is 9.15. The summed E-state index contributed by atoms with van der Waals surface area (Å²) in [4.78, 5) is 23.0. The van der Waals surface area contributed by atoms with Crippen molar-refractivity contribution in [3.05, 3.63) is 60.2 Å². The fraction of sp³-hybridized carbons (Fsp3) is 0.333. The van der Waals surface area contributed by atoms with Crippen molar-refractivity contribution in [2.45, 2.75) is 38.8 Å². The summed E-state index contributed by atoms with van der Waals surface area (Å²) < 4.78 is 0. The molecule has 138 valence electrons. The molecule has 2 aromatic carbocycles. The predicted octanol–water partition coefficient (Wildman–Crippen LogP) is 3.44. The highest BCUT2D eigenvalue weighted by Gasteiger charge is 2.26. The van der Waals surface area contributed by atoms with Crippen LogP contribution in [0.25, 0.3) is 11.1 Å². The van der Waals surface area contributed by atoms with E-state index in [1.807, 2.05) is 68.4 Å². The summed E-state index contributed by atoms with van der Waals surface area (Å²) in [5, 5.41) is 21.6. The van der Waals surface area contributed by atoms with E-state index in [-0.39, 0.29) is 12.3 Å². The molecular weight excluding hydrogens is 330 g/mol. The number of hydrogen-bond acceptors (Lipinski definition) is 3. The molecule has 0 saturated heterocycles. The van der Waals surface area contributed by atoms with E-state index in [1.165, 1.54) is 0 Å². The number of carboxylic acid groups (broad SMARTS) is 2. The minimum atomic E-state index is -1.05. The van der Waals surface area contributed by atoms with Crippen molar-refractivity contribution in [2.24, 2.45) is 5.92 Å². The van der Waals surface area contributed by atoms with Crippen LogP contribution in [0, 0.1) is 5.92 Å². The maximum absolute atomic E-state index is 11.6. The number of nitrogens with one attached hydrogen (secondary N) is 1. The zero-order chi connectivity index (χ0) is 19.1. The molecule has 0 aliphatic heterocycles. The molecule has 2 rings (SSSR count). The van der Waals surface area contributed by atoms with Crippen LogP contribution >= 0.6 is 0 Å². The Morgan fingerprint density at radius 1 is 0.846 bits per heavy atom. The lowest BCUT2D eigenvalue weighted by molar-refractivity contribution is -0.142. The highest BCUT2D eigenvalue weighted by Crippen LogP contribution is 2.20. The van der Waals surface area contributed by atoms with E-state index in [2.05, 4.69) is 5.32 Å². The number of benzene rings is 2. The Bertz CT molecular complexity index is 725. The monoisotopic (exact) mass is 355 g/mol. The summed E-state index contributed by atoms with van der Waals surface area (Å²) in [6.45, 7) is 3.82. The first-order valence-corrected chi connectivity index (χ1v) is 8.73. The third-order valence-corrected chi connectivity index (χ3v) is 4.21. The average Bonchev–Trinajstić information content (AvgIpc) is 2.61. The molecule has 1 unspecified atom stereocenters. The van der Waals surface area contributed by atoms with E-state index < -0.39 is 24.0 Å². The van der Waals surface area contributed by atoms with E-state index in [9.17, 15) is 19.8 Å². The third-order valence-electron chi connectivity index (χ3n) is 4.21. The molecule has 0 heterocycles. The minimum Gasteiger partial charge on any atom is -0.480 e.